The van der Waals surface area contributed by atoms with Crippen LogP contribution in [0.3, 0.4) is 0 Å². The molecule has 1 atom stereocenters. The van der Waals surface area contributed by atoms with Gasteiger partial charge in [0.15, 0.2) is 11.5 Å². The molecule has 0 aliphatic carbocycles. The van der Waals surface area contributed by atoms with Gasteiger partial charge in [-0.1, -0.05) is 66.7 Å². The highest BCUT2D eigenvalue weighted by Crippen LogP contribution is 2.41. The van der Waals surface area contributed by atoms with E-state index in [0.29, 0.717) is 23.6 Å². The molecule has 0 bridgehead atoms. The minimum Gasteiger partial charge on any atom is -0.497 e. The fourth-order valence-corrected chi connectivity index (χ4v) is 4.97. The van der Waals surface area contributed by atoms with Crippen molar-refractivity contribution in [1.82, 2.24) is 4.90 Å². The number of benzene rings is 4. The van der Waals surface area contributed by atoms with Gasteiger partial charge in [-0.25, -0.2) is 0 Å². The lowest BCUT2D eigenvalue weighted by Gasteiger charge is -2.38. The summed E-state index contributed by atoms with van der Waals surface area (Å²) < 4.78 is 16.5. The van der Waals surface area contributed by atoms with Crippen LogP contribution in [0, 0.1) is 0 Å². The molecule has 0 aromatic heterocycles. The highest BCUT2D eigenvalue weighted by atomic mass is 16.5. The van der Waals surface area contributed by atoms with Crippen LogP contribution < -0.4 is 14.2 Å². The monoisotopic (exact) mass is 505 g/mol. The molecule has 5 heteroatoms. The topological polar surface area (TPSA) is 48.0 Å². The molecule has 1 aliphatic rings. The van der Waals surface area contributed by atoms with E-state index >= 15 is 0 Å². The third-order valence-corrected chi connectivity index (χ3v) is 6.99. The predicted octanol–water partition coefficient (Wildman–Crippen LogP) is 6.67. The highest BCUT2D eigenvalue weighted by Gasteiger charge is 2.34. The minimum absolute atomic E-state index is 0.00941. The molecule has 0 spiro atoms. The smallest absolute Gasteiger partial charge is 0.254 e. The Morgan fingerprint density at radius 3 is 2.03 bits per heavy atom. The van der Waals surface area contributed by atoms with E-state index in [1.807, 2.05) is 83.8 Å². The van der Waals surface area contributed by atoms with E-state index in [9.17, 15) is 4.79 Å². The number of fused-ring (bicyclic) bond motifs is 1. The molecule has 4 aromatic rings. The summed E-state index contributed by atoms with van der Waals surface area (Å²) >= 11 is 0. The quantitative estimate of drug-likeness (QED) is 0.263. The van der Waals surface area contributed by atoms with Gasteiger partial charge in [-0.15, -0.1) is 0 Å². The van der Waals surface area contributed by atoms with Crippen molar-refractivity contribution < 1.29 is 19.0 Å². The van der Waals surface area contributed by atoms with Crippen LogP contribution in [-0.2, 0) is 6.42 Å². The van der Waals surface area contributed by atoms with Crippen LogP contribution in [0.25, 0.3) is 12.2 Å². The molecule has 5 rings (SSSR count). The van der Waals surface area contributed by atoms with Gasteiger partial charge < -0.3 is 19.1 Å². The van der Waals surface area contributed by atoms with E-state index in [1.165, 1.54) is 0 Å². The Balaban J connectivity index is 1.48. The number of methoxy groups -OCH3 is 3. The number of hydrogen-bond donors (Lipinski definition) is 0. The summed E-state index contributed by atoms with van der Waals surface area (Å²) in [6.07, 6.45) is 4.85. The molecule has 0 radical (unpaired) electrons. The van der Waals surface area contributed by atoms with Crippen molar-refractivity contribution >= 4 is 18.1 Å². The lowest BCUT2D eigenvalue weighted by atomic mass is 9.87. The van der Waals surface area contributed by atoms with Crippen LogP contribution in [0.5, 0.6) is 17.2 Å². The van der Waals surface area contributed by atoms with Crippen LogP contribution in [0.1, 0.15) is 44.2 Å². The average Bonchev–Trinajstić information content (AvgIpc) is 2.99. The Morgan fingerprint density at radius 2 is 1.39 bits per heavy atom. The molecule has 1 heterocycles. The second-order valence-electron chi connectivity index (χ2n) is 9.20. The number of nitrogens with zero attached hydrogens (tertiary/aromatic N) is 1. The van der Waals surface area contributed by atoms with Gasteiger partial charge in [0.25, 0.3) is 5.91 Å². The van der Waals surface area contributed by atoms with Crippen molar-refractivity contribution in [1.29, 1.82) is 0 Å². The van der Waals surface area contributed by atoms with Gasteiger partial charge in [0.1, 0.15) is 5.75 Å². The van der Waals surface area contributed by atoms with Crippen molar-refractivity contribution in [2.24, 2.45) is 0 Å². The zero-order valence-corrected chi connectivity index (χ0v) is 21.9. The molecule has 0 saturated carbocycles. The van der Waals surface area contributed by atoms with Crippen LogP contribution in [0.15, 0.2) is 91.0 Å². The highest BCUT2D eigenvalue weighted by molar-refractivity contribution is 5.95. The maximum absolute atomic E-state index is 13.9. The van der Waals surface area contributed by atoms with Gasteiger partial charge in [0, 0.05) is 12.1 Å². The molecule has 1 amide bonds. The summed E-state index contributed by atoms with van der Waals surface area (Å²) in [6.45, 7) is 0.591. The number of amides is 1. The Morgan fingerprint density at radius 1 is 0.763 bits per heavy atom. The molecular formula is C33H31NO4. The lowest BCUT2D eigenvalue weighted by molar-refractivity contribution is 0.0694. The van der Waals surface area contributed by atoms with E-state index in [-0.39, 0.29) is 11.9 Å². The largest absolute Gasteiger partial charge is 0.497 e. The molecular weight excluding hydrogens is 474 g/mol. The maximum Gasteiger partial charge on any atom is 0.254 e. The molecule has 0 fully saturated rings. The number of carbonyl (C=O) groups excluding carboxylic acids is 1. The Bertz CT molecular complexity index is 1430. The number of hydrogen-bond acceptors (Lipinski definition) is 4. The molecule has 192 valence electrons. The van der Waals surface area contributed by atoms with Crippen LogP contribution in [-0.4, -0.2) is 38.7 Å². The molecule has 38 heavy (non-hydrogen) atoms. The zero-order chi connectivity index (χ0) is 26.5. The normalized spacial score (nSPS) is 14.7. The van der Waals surface area contributed by atoms with E-state index < -0.39 is 0 Å². The second kappa shape index (κ2) is 11.3. The fourth-order valence-electron chi connectivity index (χ4n) is 4.97. The predicted molar refractivity (Wildman–Crippen MR) is 151 cm³/mol. The minimum atomic E-state index is -0.269. The summed E-state index contributed by atoms with van der Waals surface area (Å²) in [5, 5.41) is 0. The van der Waals surface area contributed by atoms with E-state index in [2.05, 4.69) is 24.3 Å². The standard InChI is InChI=1S/C33H31NO4/c1-36-28-17-15-25(16-18-28)32-29-22-31(38-3)30(37-2)21-27(29)19-20-34(32)33(35)26-13-11-24(12-14-26)10-9-23-7-5-4-6-8-23/h4-18,21-22,32H,19-20H2,1-3H3. The van der Waals surface area contributed by atoms with Gasteiger partial charge in [-0.3, -0.25) is 4.79 Å². The summed E-state index contributed by atoms with van der Waals surface area (Å²) in [6, 6.07) is 29.6. The van der Waals surface area contributed by atoms with Crippen LogP contribution in [0.4, 0.5) is 0 Å². The van der Waals surface area contributed by atoms with Crippen molar-refractivity contribution in [2.45, 2.75) is 12.5 Å². The summed E-state index contributed by atoms with van der Waals surface area (Å²) in [7, 11) is 4.92. The first-order chi connectivity index (χ1) is 18.6. The van der Waals surface area contributed by atoms with Crippen molar-refractivity contribution in [3.05, 3.63) is 124 Å². The van der Waals surface area contributed by atoms with E-state index in [1.54, 1.807) is 21.3 Å². The van der Waals surface area contributed by atoms with Crippen LogP contribution in [0.2, 0.25) is 0 Å². The third kappa shape index (κ3) is 5.14. The first-order valence-corrected chi connectivity index (χ1v) is 12.6. The van der Waals surface area contributed by atoms with Gasteiger partial charge in [0.05, 0.1) is 27.4 Å². The SMILES string of the molecule is COc1ccc(C2c3cc(OC)c(OC)cc3CCN2C(=O)c2ccc(C=Cc3ccccc3)cc2)cc1. The first-order valence-electron chi connectivity index (χ1n) is 12.6. The Labute approximate surface area is 223 Å². The summed E-state index contributed by atoms with van der Waals surface area (Å²) in [5.41, 5.74) is 6.02. The fraction of sp³-hybridized carbons (Fsp3) is 0.182. The molecule has 5 nitrogen and oxygen atoms in total. The third-order valence-electron chi connectivity index (χ3n) is 6.99. The number of carbonyl (C=O) groups is 1. The molecule has 0 N–H and O–H groups in total. The first kappa shape index (κ1) is 25.2. The van der Waals surface area contributed by atoms with E-state index in [4.69, 9.17) is 14.2 Å². The Kier molecular flexibility index (Phi) is 7.45. The summed E-state index contributed by atoms with van der Waals surface area (Å²) in [5.74, 6) is 2.10. The number of ether oxygens (including phenoxy) is 3. The number of rotatable bonds is 7. The lowest BCUT2D eigenvalue weighted by Crippen LogP contribution is -2.40. The molecule has 0 saturated heterocycles. The van der Waals surface area contributed by atoms with Gasteiger partial charge in [0.2, 0.25) is 0 Å². The Hall–Kier alpha value is -4.51. The summed E-state index contributed by atoms with van der Waals surface area (Å²) in [4.78, 5) is 15.9. The zero-order valence-electron chi connectivity index (χ0n) is 21.9. The molecule has 1 aliphatic heterocycles. The van der Waals surface area contributed by atoms with Crippen molar-refractivity contribution in [3.8, 4) is 17.2 Å². The molecule has 1 unspecified atom stereocenters. The van der Waals surface area contributed by atoms with Crippen LogP contribution >= 0.6 is 0 Å². The maximum atomic E-state index is 13.9. The molecule has 4 aromatic carbocycles. The average molecular weight is 506 g/mol. The second-order valence-corrected chi connectivity index (χ2v) is 9.20. The van der Waals surface area contributed by atoms with Crippen molar-refractivity contribution in [2.75, 3.05) is 27.9 Å². The van der Waals surface area contributed by atoms with Gasteiger partial charge >= 0.3 is 0 Å². The van der Waals surface area contributed by atoms with Gasteiger partial charge in [-0.2, -0.15) is 0 Å². The van der Waals surface area contributed by atoms with E-state index in [0.717, 1.165) is 40.0 Å². The van der Waals surface area contributed by atoms with Gasteiger partial charge in [-0.05, 0) is 70.6 Å². The van der Waals surface area contributed by atoms with Crippen molar-refractivity contribution in [3.63, 3.8) is 0 Å².